The quantitative estimate of drug-likeness (QED) is 0.574. The number of nitrogens with zero attached hydrogens (tertiary/aromatic N) is 2. The molecule has 0 aromatic carbocycles. The molecule has 0 spiro atoms. The van der Waals surface area contributed by atoms with Gasteiger partial charge in [-0.3, -0.25) is 5.32 Å². The third-order valence-electron chi connectivity index (χ3n) is 1.03. The Labute approximate surface area is 60.6 Å². The number of rotatable bonds is 3. The summed E-state index contributed by atoms with van der Waals surface area (Å²) in [6, 6.07) is 5.64. The van der Waals surface area contributed by atoms with Crippen molar-refractivity contribution in [2.75, 3.05) is 6.54 Å². The molecule has 0 atom stereocenters. The zero-order valence-corrected chi connectivity index (χ0v) is 5.70. The highest BCUT2D eigenvalue weighted by Crippen LogP contribution is 1.98. The normalized spacial score (nSPS) is 8.80. The first-order valence-corrected chi connectivity index (χ1v) is 3.13. The van der Waals surface area contributed by atoms with E-state index in [9.17, 15) is 0 Å². The van der Waals surface area contributed by atoms with E-state index in [1.165, 1.54) is 0 Å². The van der Waals surface area contributed by atoms with Crippen molar-refractivity contribution >= 4 is 5.82 Å². The Bertz CT molecular complexity index is 194. The molecule has 0 fully saturated rings. The predicted octanol–water partition coefficient (Wildman–Crippen LogP) is 1.50. The lowest BCUT2D eigenvalue weighted by Gasteiger charge is -1.94. The summed E-state index contributed by atoms with van der Waals surface area (Å²) >= 11 is 0. The Morgan fingerprint density at radius 1 is 1.60 bits per heavy atom. The minimum absolute atomic E-state index is 0.636. The van der Waals surface area contributed by atoms with Gasteiger partial charge in [0.1, 0.15) is 5.82 Å². The van der Waals surface area contributed by atoms with Crippen LogP contribution in [-0.2, 0) is 0 Å². The summed E-state index contributed by atoms with van der Waals surface area (Å²) in [5, 5.41) is 4.10. The zero-order valence-electron chi connectivity index (χ0n) is 5.70. The third kappa shape index (κ3) is 1.90. The van der Waals surface area contributed by atoms with Gasteiger partial charge in [0.15, 0.2) is 0 Å². The maximum absolute atomic E-state index is 4.10. The van der Waals surface area contributed by atoms with Gasteiger partial charge in [-0.25, -0.2) is 4.98 Å². The lowest BCUT2D eigenvalue weighted by molar-refractivity contribution is 0.938. The topological polar surface area (TPSA) is 27.0 Å². The van der Waals surface area contributed by atoms with Gasteiger partial charge in [-0.1, -0.05) is 12.1 Å². The maximum atomic E-state index is 4.10. The molecule has 0 saturated carbocycles. The molecule has 0 saturated heterocycles. The Balaban J connectivity index is 2.50. The molecule has 0 amide bonds. The number of aromatic nitrogens is 1. The average Bonchev–Trinajstić information content (AvgIpc) is 2.03. The van der Waals surface area contributed by atoms with Crippen molar-refractivity contribution in [2.24, 2.45) is 0 Å². The molecule has 51 valence electrons. The summed E-state index contributed by atoms with van der Waals surface area (Å²) in [6.07, 6.45) is 3.47. The maximum Gasteiger partial charge on any atom is 0.147 e. The second-order valence-corrected chi connectivity index (χ2v) is 1.82. The molecule has 1 rings (SSSR count). The van der Waals surface area contributed by atoms with E-state index in [1.54, 1.807) is 12.3 Å². The van der Waals surface area contributed by atoms with Crippen LogP contribution in [0.3, 0.4) is 0 Å². The molecule has 1 radical (unpaired) electrons. The predicted molar refractivity (Wildman–Crippen MR) is 41.1 cm³/mol. The van der Waals surface area contributed by atoms with E-state index in [4.69, 9.17) is 0 Å². The molecule has 0 aliphatic rings. The Hall–Kier alpha value is -1.31. The monoisotopic (exact) mass is 133 g/mol. The van der Waals surface area contributed by atoms with Gasteiger partial charge in [0.2, 0.25) is 0 Å². The van der Waals surface area contributed by atoms with E-state index in [0.29, 0.717) is 6.54 Å². The molecule has 0 aliphatic carbocycles. The van der Waals surface area contributed by atoms with Crippen molar-refractivity contribution in [3.63, 3.8) is 0 Å². The van der Waals surface area contributed by atoms with E-state index in [-0.39, 0.29) is 0 Å². The van der Waals surface area contributed by atoms with Crippen LogP contribution < -0.4 is 5.32 Å². The molecule has 1 aromatic heterocycles. The van der Waals surface area contributed by atoms with Gasteiger partial charge < -0.3 is 0 Å². The van der Waals surface area contributed by atoms with E-state index < -0.39 is 0 Å². The van der Waals surface area contributed by atoms with Gasteiger partial charge in [0.05, 0.1) is 6.54 Å². The van der Waals surface area contributed by atoms with Gasteiger partial charge in [-0.2, -0.15) is 0 Å². The molecular weight excluding hydrogens is 124 g/mol. The molecule has 0 aliphatic heterocycles. The lowest BCUT2D eigenvalue weighted by Crippen LogP contribution is -1.97. The van der Waals surface area contributed by atoms with Crippen LogP contribution in [-0.4, -0.2) is 11.5 Å². The highest BCUT2D eigenvalue weighted by atomic mass is 15.0. The molecule has 1 aromatic rings. The van der Waals surface area contributed by atoms with Crippen molar-refractivity contribution in [3.05, 3.63) is 37.1 Å². The number of hydrogen-bond acceptors (Lipinski definition) is 1. The summed E-state index contributed by atoms with van der Waals surface area (Å²) < 4.78 is 0. The van der Waals surface area contributed by atoms with Crippen molar-refractivity contribution in [2.45, 2.75) is 0 Å². The summed E-state index contributed by atoms with van der Waals surface area (Å²) in [5.74, 6) is 0.766. The average molecular weight is 133 g/mol. The van der Waals surface area contributed by atoms with Crippen LogP contribution in [0.4, 0.5) is 5.82 Å². The molecule has 10 heavy (non-hydrogen) atoms. The van der Waals surface area contributed by atoms with Crippen LogP contribution in [0.15, 0.2) is 37.1 Å². The van der Waals surface area contributed by atoms with E-state index in [0.717, 1.165) is 5.82 Å². The standard InChI is InChI=1S/C8H9N2/c1-2-6-9-8-5-3-4-7-10-8/h2-5,7H,1,6H2. The minimum atomic E-state index is 0.636. The van der Waals surface area contributed by atoms with Crippen LogP contribution in [0.1, 0.15) is 0 Å². The Morgan fingerprint density at radius 3 is 3.10 bits per heavy atom. The summed E-state index contributed by atoms with van der Waals surface area (Å²) in [7, 11) is 0. The Morgan fingerprint density at radius 2 is 2.50 bits per heavy atom. The van der Waals surface area contributed by atoms with Crippen LogP contribution in [0.2, 0.25) is 0 Å². The second kappa shape index (κ2) is 3.67. The number of hydrogen-bond donors (Lipinski definition) is 0. The van der Waals surface area contributed by atoms with E-state index in [1.807, 2.05) is 18.2 Å². The first-order valence-electron chi connectivity index (χ1n) is 3.13. The minimum Gasteiger partial charge on any atom is -0.263 e. The van der Waals surface area contributed by atoms with E-state index >= 15 is 0 Å². The summed E-state index contributed by atoms with van der Waals surface area (Å²) in [6.45, 7) is 4.19. The first kappa shape index (κ1) is 6.81. The zero-order chi connectivity index (χ0) is 7.23. The molecule has 1 heterocycles. The molecule has 2 nitrogen and oxygen atoms in total. The smallest absolute Gasteiger partial charge is 0.147 e. The molecule has 0 N–H and O–H groups in total. The van der Waals surface area contributed by atoms with Gasteiger partial charge in [0.25, 0.3) is 0 Å². The van der Waals surface area contributed by atoms with Crippen LogP contribution >= 0.6 is 0 Å². The second-order valence-electron chi connectivity index (χ2n) is 1.82. The largest absolute Gasteiger partial charge is 0.263 e. The molecule has 2 heteroatoms. The number of pyridine rings is 1. The highest BCUT2D eigenvalue weighted by molar-refractivity contribution is 5.24. The van der Waals surface area contributed by atoms with Crippen LogP contribution in [0, 0.1) is 0 Å². The third-order valence-corrected chi connectivity index (χ3v) is 1.03. The summed E-state index contributed by atoms with van der Waals surface area (Å²) in [5.41, 5.74) is 0. The van der Waals surface area contributed by atoms with Crippen LogP contribution in [0.5, 0.6) is 0 Å². The van der Waals surface area contributed by atoms with Gasteiger partial charge >= 0.3 is 0 Å². The van der Waals surface area contributed by atoms with Crippen molar-refractivity contribution in [1.82, 2.24) is 10.3 Å². The highest BCUT2D eigenvalue weighted by Gasteiger charge is 1.87. The Kier molecular flexibility index (Phi) is 2.49. The van der Waals surface area contributed by atoms with Crippen molar-refractivity contribution in [1.29, 1.82) is 0 Å². The van der Waals surface area contributed by atoms with Crippen molar-refractivity contribution < 1.29 is 0 Å². The molecular formula is C8H9N2. The molecule has 0 unspecified atom stereocenters. The van der Waals surface area contributed by atoms with Crippen LogP contribution in [0.25, 0.3) is 0 Å². The lowest BCUT2D eigenvalue weighted by atomic mass is 10.4. The van der Waals surface area contributed by atoms with E-state index in [2.05, 4.69) is 16.9 Å². The SMILES string of the molecule is C=CC[N]c1ccccn1. The van der Waals surface area contributed by atoms with Gasteiger partial charge in [-0.05, 0) is 12.1 Å². The fourth-order valence-corrected chi connectivity index (χ4v) is 0.605. The fourth-order valence-electron chi connectivity index (χ4n) is 0.605. The summed E-state index contributed by atoms with van der Waals surface area (Å²) in [4.78, 5) is 4.00. The van der Waals surface area contributed by atoms with Gasteiger partial charge in [-0.15, -0.1) is 6.58 Å². The fraction of sp³-hybridized carbons (Fsp3) is 0.125. The van der Waals surface area contributed by atoms with Crippen molar-refractivity contribution in [3.8, 4) is 0 Å². The molecule has 0 bridgehead atoms. The van der Waals surface area contributed by atoms with Gasteiger partial charge in [0, 0.05) is 6.20 Å². The first-order chi connectivity index (χ1) is 4.93.